The molecule has 15 heavy (non-hydrogen) atoms. The van der Waals surface area contributed by atoms with E-state index in [1.165, 1.54) is 51.6 Å². The largest absolute Gasteiger partial charge is 0.316 e. The summed E-state index contributed by atoms with van der Waals surface area (Å²) in [7, 11) is 2.10. The van der Waals surface area contributed by atoms with Gasteiger partial charge in [-0.1, -0.05) is 19.8 Å². The van der Waals surface area contributed by atoms with Crippen molar-refractivity contribution in [3.63, 3.8) is 0 Å². The van der Waals surface area contributed by atoms with Gasteiger partial charge in [0, 0.05) is 25.2 Å². The summed E-state index contributed by atoms with van der Waals surface area (Å²) in [6.07, 6.45) is 8.60. The summed E-state index contributed by atoms with van der Waals surface area (Å²) in [4.78, 5) is 2.74. The van der Waals surface area contributed by atoms with Crippen LogP contribution in [0.3, 0.4) is 0 Å². The van der Waals surface area contributed by atoms with Gasteiger partial charge in [-0.2, -0.15) is 0 Å². The van der Waals surface area contributed by atoms with Crippen LogP contribution in [-0.4, -0.2) is 37.1 Å². The Morgan fingerprint density at radius 2 is 1.93 bits per heavy atom. The molecule has 3 unspecified atom stereocenters. The van der Waals surface area contributed by atoms with E-state index in [1.54, 1.807) is 0 Å². The highest BCUT2D eigenvalue weighted by molar-refractivity contribution is 4.86. The molecule has 1 aliphatic carbocycles. The average Bonchev–Trinajstić information content (AvgIpc) is 2.62. The van der Waals surface area contributed by atoms with Gasteiger partial charge in [-0.15, -0.1) is 0 Å². The van der Waals surface area contributed by atoms with Gasteiger partial charge in [0.05, 0.1) is 0 Å². The standard InChI is InChI=1S/C13H26N2/c1-11-4-3-5-13(7-6-11)15-9-8-12(10-15)14-2/h11-14H,3-10H2,1-2H3. The summed E-state index contributed by atoms with van der Waals surface area (Å²) in [5.41, 5.74) is 0. The Kier molecular flexibility index (Phi) is 4.04. The van der Waals surface area contributed by atoms with Crippen molar-refractivity contribution in [3.05, 3.63) is 0 Å². The second-order valence-electron chi connectivity index (χ2n) is 5.54. The van der Waals surface area contributed by atoms with Crippen LogP contribution in [0.2, 0.25) is 0 Å². The fourth-order valence-electron chi connectivity index (χ4n) is 3.19. The molecule has 88 valence electrons. The molecule has 2 nitrogen and oxygen atoms in total. The van der Waals surface area contributed by atoms with Gasteiger partial charge < -0.3 is 5.32 Å². The zero-order valence-corrected chi connectivity index (χ0v) is 10.3. The molecular weight excluding hydrogens is 184 g/mol. The van der Waals surface area contributed by atoms with Gasteiger partial charge in [0.1, 0.15) is 0 Å². The van der Waals surface area contributed by atoms with Gasteiger partial charge in [0.2, 0.25) is 0 Å². The van der Waals surface area contributed by atoms with Crippen LogP contribution in [0.5, 0.6) is 0 Å². The summed E-state index contributed by atoms with van der Waals surface area (Å²) in [5.74, 6) is 0.970. The monoisotopic (exact) mass is 210 g/mol. The van der Waals surface area contributed by atoms with Crippen LogP contribution in [0.4, 0.5) is 0 Å². The van der Waals surface area contributed by atoms with Gasteiger partial charge in [-0.3, -0.25) is 4.90 Å². The minimum absolute atomic E-state index is 0.755. The molecule has 0 amide bonds. The van der Waals surface area contributed by atoms with Crippen LogP contribution in [0.15, 0.2) is 0 Å². The molecule has 1 N–H and O–H groups in total. The second-order valence-corrected chi connectivity index (χ2v) is 5.54. The van der Waals surface area contributed by atoms with E-state index in [0.29, 0.717) is 0 Å². The topological polar surface area (TPSA) is 15.3 Å². The molecule has 1 saturated heterocycles. The van der Waals surface area contributed by atoms with E-state index >= 15 is 0 Å². The molecule has 3 atom stereocenters. The molecule has 1 aliphatic heterocycles. The highest BCUT2D eigenvalue weighted by Crippen LogP contribution is 2.27. The molecule has 2 rings (SSSR count). The van der Waals surface area contributed by atoms with Crippen molar-refractivity contribution in [1.29, 1.82) is 0 Å². The molecule has 0 aromatic carbocycles. The third-order valence-electron chi connectivity index (χ3n) is 4.37. The summed E-state index contributed by atoms with van der Waals surface area (Å²) in [6, 6.07) is 1.65. The SMILES string of the molecule is CNC1CCN(C2CCCC(C)CC2)C1. The second kappa shape index (κ2) is 5.31. The van der Waals surface area contributed by atoms with Crippen LogP contribution >= 0.6 is 0 Å². The van der Waals surface area contributed by atoms with Crippen molar-refractivity contribution in [2.45, 2.75) is 57.5 Å². The van der Waals surface area contributed by atoms with Gasteiger partial charge in [-0.05, 0) is 38.6 Å². The Balaban J connectivity index is 1.83. The molecule has 2 fully saturated rings. The van der Waals surface area contributed by atoms with E-state index in [4.69, 9.17) is 0 Å². The van der Waals surface area contributed by atoms with Crippen LogP contribution in [-0.2, 0) is 0 Å². The summed E-state index contributed by atoms with van der Waals surface area (Å²) in [5, 5.41) is 3.42. The van der Waals surface area contributed by atoms with Gasteiger partial charge in [0.25, 0.3) is 0 Å². The maximum Gasteiger partial charge on any atom is 0.0204 e. The average molecular weight is 210 g/mol. The Labute approximate surface area is 94.4 Å². The molecule has 1 heterocycles. The van der Waals surface area contributed by atoms with Crippen molar-refractivity contribution >= 4 is 0 Å². The van der Waals surface area contributed by atoms with E-state index in [0.717, 1.165) is 18.0 Å². The first-order chi connectivity index (χ1) is 7.29. The first-order valence-electron chi connectivity index (χ1n) is 6.71. The molecule has 0 spiro atoms. The molecule has 0 bridgehead atoms. The maximum absolute atomic E-state index is 3.42. The first-order valence-corrected chi connectivity index (χ1v) is 6.71. The lowest BCUT2D eigenvalue weighted by Gasteiger charge is -2.26. The number of hydrogen-bond acceptors (Lipinski definition) is 2. The van der Waals surface area contributed by atoms with E-state index < -0.39 is 0 Å². The van der Waals surface area contributed by atoms with Crippen molar-refractivity contribution in [2.75, 3.05) is 20.1 Å². The van der Waals surface area contributed by atoms with E-state index in [9.17, 15) is 0 Å². The van der Waals surface area contributed by atoms with Crippen molar-refractivity contribution < 1.29 is 0 Å². The van der Waals surface area contributed by atoms with E-state index in [1.807, 2.05) is 0 Å². The van der Waals surface area contributed by atoms with Crippen LogP contribution in [0, 0.1) is 5.92 Å². The molecule has 0 radical (unpaired) electrons. The maximum atomic E-state index is 3.42. The predicted octanol–water partition coefficient (Wildman–Crippen LogP) is 2.25. The van der Waals surface area contributed by atoms with E-state index in [-0.39, 0.29) is 0 Å². The number of hydrogen-bond donors (Lipinski definition) is 1. The minimum atomic E-state index is 0.755. The van der Waals surface area contributed by atoms with Gasteiger partial charge >= 0.3 is 0 Å². The highest BCUT2D eigenvalue weighted by Gasteiger charge is 2.28. The molecule has 2 aliphatic rings. The summed E-state index contributed by atoms with van der Waals surface area (Å²) in [6.45, 7) is 5.03. The fourth-order valence-corrected chi connectivity index (χ4v) is 3.19. The van der Waals surface area contributed by atoms with Crippen LogP contribution in [0.25, 0.3) is 0 Å². The Hall–Kier alpha value is -0.0800. The number of nitrogens with one attached hydrogen (secondary N) is 1. The van der Waals surface area contributed by atoms with Crippen LogP contribution in [0.1, 0.15) is 45.4 Å². The van der Waals surface area contributed by atoms with E-state index in [2.05, 4.69) is 24.2 Å². The number of nitrogens with zero attached hydrogens (tertiary/aromatic N) is 1. The number of rotatable bonds is 2. The lowest BCUT2D eigenvalue weighted by Crippen LogP contribution is -2.36. The van der Waals surface area contributed by atoms with Crippen molar-refractivity contribution in [2.24, 2.45) is 5.92 Å². The van der Waals surface area contributed by atoms with Crippen molar-refractivity contribution in [1.82, 2.24) is 10.2 Å². The number of likely N-dealkylation sites (tertiary alicyclic amines) is 1. The smallest absolute Gasteiger partial charge is 0.0204 e. The lowest BCUT2D eigenvalue weighted by atomic mass is 10.0. The first kappa shape index (κ1) is 11.4. The molecule has 1 saturated carbocycles. The predicted molar refractivity (Wildman–Crippen MR) is 65.1 cm³/mol. The van der Waals surface area contributed by atoms with Crippen LogP contribution < -0.4 is 5.32 Å². The van der Waals surface area contributed by atoms with Gasteiger partial charge in [-0.25, -0.2) is 0 Å². The third kappa shape index (κ3) is 2.94. The third-order valence-corrected chi connectivity index (χ3v) is 4.37. The molecule has 0 aromatic rings. The highest BCUT2D eigenvalue weighted by atomic mass is 15.2. The fraction of sp³-hybridized carbons (Fsp3) is 1.00. The van der Waals surface area contributed by atoms with Gasteiger partial charge in [0.15, 0.2) is 0 Å². The summed E-state index contributed by atoms with van der Waals surface area (Å²) < 4.78 is 0. The minimum Gasteiger partial charge on any atom is -0.316 e. The van der Waals surface area contributed by atoms with Crippen molar-refractivity contribution in [3.8, 4) is 0 Å². The molecule has 2 heteroatoms. The zero-order chi connectivity index (χ0) is 10.7. The zero-order valence-electron chi connectivity index (χ0n) is 10.3. The Bertz CT molecular complexity index is 193. The number of likely N-dealkylation sites (N-methyl/N-ethyl adjacent to an activating group) is 1. The lowest BCUT2D eigenvalue weighted by molar-refractivity contribution is 0.215. The molecular formula is C13H26N2. The quantitative estimate of drug-likeness (QED) is 0.703. The Morgan fingerprint density at radius 3 is 2.67 bits per heavy atom. The molecule has 0 aromatic heterocycles. The normalized spacial score (nSPS) is 39.2. The Morgan fingerprint density at radius 1 is 1.07 bits per heavy atom. The summed E-state index contributed by atoms with van der Waals surface area (Å²) >= 11 is 0.